The molecule has 33 heavy (non-hydrogen) atoms. The number of hydrogen-bond donors (Lipinski definition) is 1. The minimum Gasteiger partial charge on any atom is -0.352 e. The Hall–Kier alpha value is -2.48. The molecule has 3 rings (SSSR count). The van der Waals surface area contributed by atoms with Gasteiger partial charge in [-0.05, 0) is 43.0 Å². The minimum atomic E-state index is -4.43. The second kappa shape index (κ2) is 11.6. The van der Waals surface area contributed by atoms with Gasteiger partial charge in [0.25, 0.3) is 5.91 Å². The van der Waals surface area contributed by atoms with Crippen molar-refractivity contribution in [1.82, 2.24) is 10.2 Å². The van der Waals surface area contributed by atoms with Crippen molar-refractivity contribution < 1.29 is 22.8 Å². The van der Waals surface area contributed by atoms with Crippen LogP contribution < -0.4 is 5.32 Å². The van der Waals surface area contributed by atoms with Crippen LogP contribution in [0.3, 0.4) is 0 Å². The molecule has 0 bridgehead atoms. The van der Waals surface area contributed by atoms with Crippen LogP contribution in [0.5, 0.6) is 0 Å². The summed E-state index contributed by atoms with van der Waals surface area (Å²) in [4.78, 5) is 27.9. The molecule has 0 spiro atoms. The number of nitrogens with zero attached hydrogens (tertiary/aromatic N) is 1. The number of benzene rings is 2. The van der Waals surface area contributed by atoms with E-state index in [1.807, 2.05) is 11.9 Å². The van der Waals surface area contributed by atoms with Crippen LogP contribution in [-0.2, 0) is 17.4 Å². The predicted molar refractivity (Wildman–Crippen MR) is 124 cm³/mol. The third-order valence-corrected chi connectivity index (χ3v) is 7.06. The lowest BCUT2D eigenvalue weighted by atomic mass is 9.94. The van der Waals surface area contributed by atoms with Gasteiger partial charge in [0.05, 0.1) is 16.9 Å². The molecular weight excluding hydrogens is 449 g/mol. The van der Waals surface area contributed by atoms with Crippen LogP contribution in [0.25, 0.3) is 0 Å². The third kappa shape index (κ3) is 7.00. The highest BCUT2D eigenvalue weighted by Gasteiger charge is 2.32. The minimum absolute atomic E-state index is 0.0332. The summed E-state index contributed by atoms with van der Waals surface area (Å²) in [6.45, 7) is 0.0777. The first-order valence-corrected chi connectivity index (χ1v) is 12.2. The SMILES string of the molecule is CN(C(=O)CSc1ccccc1C(=O)NCCc1ccccc1C(F)(F)F)C1CCCCC1. The van der Waals surface area contributed by atoms with E-state index >= 15 is 0 Å². The molecule has 2 amide bonds. The molecule has 0 heterocycles. The predicted octanol–water partition coefficient (Wildman–Crippen LogP) is 5.56. The third-order valence-electron chi connectivity index (χ3n) is 6.00. The second-order valence-corrected chi connectivity index (χ2v) is 9.26. The van der Waals surface area contributed by atoms with E-state index in [2.05, 4.69) is 5.32 Å². The van der Waals surface area contributed by atoms with Crippen molar-refractivity contribution in [1.29, 1.82) is 0 Å². The number of carbonyl (C=O) groups excluding carboxylic acids is 2. The zero-order valence-corrected chi connectivity index (χ0v) is 19.5. The fourth-order valence-corrected chi connectivity index (χ4v) is 5.09. The van der Waals surface area contributed by atoms with Crippen molar-refractivity contribution in [3.63, 3.8) is 0 Å². The van der Waals surface area contributed by atoms with Gasteiger partial charge in [0.15, 0.2) is 0 Å². The molecule has 1 fully saturated rings. The number of alkyl halides is 3. The van der Waals surface area contributed by atoms with Crippen LogP contribution >= 0.6 is 11.8 Å². The number of carbonyl (C=O) groups is 2. The zero-order chi connectivity index (χ0) is 23.8. The van der Waals surface area contributed by atoms with Crippen molar-refractivity contribution in [2.24, 2.45) is 0 Å². The average Bonchev–Trinajstić information content (AvgIpc) is 2.82. The van der Waals surface area contributed by atoms with E-state index in [0.717, 1.165) is 31.7 Å². The maximum atomic E-state index is 13.2. The Balaban J connectivity index is 1.56. The van der Waals surface area contributed by atoms with Gasteiger partial charge < -0.3 is 10.2 Å². The maximum absolute atomic E-state index is 13.2. The summed E-state index contributed by atoms with van der Waals surface area (Å²) in [5.74, 6) is -0.0995. The smallest absolute Gasteiger partial charge is 0.352 e. The quantitative estimate of drug-likeness (QED) is 0.506. The van der Waals surface area contributed by atoms with Crippen molar-refractivity contribution in [2.45, 2.75) is 55.6 Å². The number of halogens is 3. The van der Waals surface area contributed by atoms with Gasteiger partial charge in [-0.3, -0.25) is 9.59 Å². The molecule has 178 valence electrons. The molecule has 1 saturated carbocycles. The van der Waals surface area contributed by atoms with E-state index in [-0.39, 0.29) is 42.1 Å². The number of thioether (sulfide) groups is 1. The monoisotopic (exact) mass is 478 g/mol. The summed E-state index contributed by atoms with van der Waals surface area (Å²) in [6.07, 6.45) is 1.21. The fraction of sp³-hybridized carbons (Fsp3) is 0.440. The van der Waals surface area contributed by atoms with E-state index in [1.165, 1.54) is 30.3 Å². The maximum Gasteiger partial charge on any atom is 0.416 e. The van der Waals surface area contributed by atoms with E-state index in [9.17, 15) is 22.8 Å². The van der Waals surface area contributed by atoms with Gasteiger partial charge in [0.2, 0.25) is 5.91 Å². The Morgan fingerprint density at radius 2 is 1.70 bits per heavy atom. The van der Waals surface area contributed by atoms with E-state index in [0.29, 0.717) is 10.5 Å². The van der Waals surface area contributed by atoms with Crippen LogP contribution in [0, 0.1) is 0 Å². The van der Waals surface area contributed by atoms with Gasteiger partial charge in [0.1, 0.15) is 0 Å². The van der Waals surface area contributed by atoms with Crippen molar-refractivity contribution in [2.75, 3.05) is 19.3 Å². The molecule has 0 atom stereocenters. The Bertz CT molecular complexity index is 959. The van der Waals surface area contributed by atoms with E-state index < -0.39 is 11.7 Å². The Labute approximate surface area is 196 Å². The number of amides is 2. The molecule has 0 saturated heterocycles. The Morgan fingerprint density at radius 1 is 1.03 bits per heavy atom. The molecule has 1 N–H and O–H groups in total. The molecule has 1 aliphatic rings. The van der Waals surface area contributed by atoms with Crippen molar-refractivity contribution in [3.8, 4) is 0 Å². The van der Waals surface area contributed by atoms with Crippen molar-refractivity contribution in [3.05, 3.63) is 65.2 Å². The standard InChI is InChI=1S/C25H29F3N2O2S/c1-30(19-10-3-2-4-11-19)23(31)17-33-22-14-8-6-12-20(22)24(32)29-16-15-18-9-5-7-13-21(18)25(26,27)28/h5-9,12-14,19H,2-4,10-11,15-17H2,1H3,(H,29,32). The molecule has 0 aliphatic heterocycles. The molecule has 0 unspecified atom stereocenters. The summed E-state index contributed by atoms with van der Waals surface area (Å²) < 4.78 is 39.5. The Morgan fingerprint density at radius 3 is 2.42 bits per heavy atom. The highest BCUT2D eigenvalue weighted by Crippen LogP contribution is 2.32. The lowest BCUT2D eigenvalue weighted by molar-refractivity contribution is -0.138. The molecule has 2 aromatic carbocycles. The Kier molecular flexibility index (Phi) is 8.83. The van der Waals surface area contributed by atoms with Crippen LogP contribution in [0.1, 0.15) is 53.6 Å². The molecule has 0 aromatic heterocycles. The fourth-order valence-electron chi connectivity index (χ4n) is 4.11. The molecule has 4 nitrogen and oxygen atoms in total. The molecule has 2 aromatic rings. The van der Waals surface area contributed by atoms with Crippen LogP contribution in [0.4, 0.5) is 13.2 Å². The van der Waals surface area contributed by atoms with Gasteiger partial charge in [-0.15, -0.1) is 11.8 Å². The summed E-state index contributed by atoms with van der Waals surface area (Å²) in [5.41, 5.74) is -0.125. The first-order chi connectivity index (χ1) is 15.8. The number of rotatable bonds is 8. The molecule has 1 aliphatic carbocycles. The van der Waals surface area contributed by atoms with Crippen LogP contribution in [0.2, 0.25) is 0 Å². The van der Waals surface area contributed by atoms with E-state index in [1.54, 1.807) is 30.3 Å². The summed E-state index contributed by atoms with van der Waals surface area (Å²) in [5, 5.41) is 2.71. The summed E-state index contributed by atoms with van der Waals surface area (Å²) in [6, 6.07) is 12.6. The van der Waals surface area contributed by atoms with Gasteiger partial charge >= 0.3 is 6.18 Å². The summed E-state index contributed by atoms with van der Waals surface area (Å²) in [7, 11) is 1.84. The lowest BCUT2D eigenvalue weighted by Crippen LogP contribution is -2.39. The van der Waals surface area contributed by atoms with Crippen molar-refractivity contribution >= 4 is 23.6 Å². The topological polar surface area (TPSA) is 49.4 Å². The lowest BCUT2D eigenvalue weighted by Gasteiger charge is -2.31. The first kappa shape index (κ1) is 25.1. The number of nitrogens with one attached hydrogen (secondary N) is 1. The van der Waals surface area contributed by atoms with E-state index in [4.69, 9.17) is 0 Å². The normalized spacial score (nSPS) is 14.7. The average molecular weight is 479 g/mol. The molecule has 8 heteroatoms. The second-order valence-electron chi connectivity index (χ2n) is 8.24. The van der Waals surface area contributed by atoms with Gasteiger partial charge in [-0.1, -0.05) is 49.6 Å². The first-order valence-electron chi connectivity index (χ1n) is 11.2. The van der Waals surface area contributed by atoms with Gasteiger partial charge in [-0.25, -0.2) is 0 Å². The zero-order valence-electron chi connectivity index (χ0n) is 18.7. The highest BCUT2D eigenvalue weighted by atomic mass is 32.2. The number of hydrogen-bond acceptors (Lipinski definition) is 3. The van der Waals surface area contributed by atoms with Gasteiger partial charge in [0, 0.05) is 24.5 Å². The largest absolute Gasteiger partial charge is 0.416 e. The van der Waals surface area contributed by atoms with Crippen LogP contribution in [-0.4, -0.2) is 42.1 Å². The highest BCUT2D eigenvalue weighted by molar-refractivity contribution is 8.00. The molecular formula is C25H29F3N2O2S. The summed E-state index contributed by atoms with van der Waals surface area (Å²) >= 11 is 1.31. The molecule has 0 radical (unpaired) electrons. The van der Waals surface area contributed by atoms with Crippen LogP contribution in [0.15, 0.2) is 53.4 Å². The van der Waals surface area contributed by atoms with Gasteiger partial charge in [-0.2, -0.15) is 13.2 Å².